The largest absolute Gasteiger partial charge is 0.154 e. The van der Waals surface area contributed by atoms with E-state index >= 15 is 0 Å². The molecular formula is C72H110NP2+. The van der Waals surface area contributed by atoms with Crippen LogP contribution in [0.3, 0.4) is 0 Å². The molecule has 0 aliphatic carbocycles. The molecule has 0 fully saturated rings. The predicted molar refractivity (Wildman–Crippen MR) is 342 cm³/mol. The average molecular weight is 1050 g/mol. The fraction of sp³-hybridized carbons (Fsp3) is 0.583. The number of nitrogens with one attached hydrogen (secondary N) is 1. The van der Waals surface area contributed by atoms with E-state index in [9.17, 15) is 0 Å². The van der Waals surface area contributed by atoms with Crippen LogP contribution in [0.4, 0.5) is 0 Å². The fourth-order valence-electron chi connectivity index (χ4n) is 11.3. The van der Waals surface area contributed by atoms with E-state index in [0.29, 0.717) is 0 Å². The summed E-state index contributed by atoms with van der Waals surface area (Å²) in [5.41, 5.74) is 7.44. The molecule has 0 atom stereocenters. The highest BCUT2D eigenvalue weighted by atomic mass is 31.2. The smallest absolute Gasteiger partial charge is 0.150 e. The van der Waals surface area contributed by atoms with E-state index in [1.54, 1.807) is 0 Å². The Morgan fingerprint density at radius 3 is 0.920 bits per heavy atom. The zero-order valence-electron chi connectivity index (χ0n) is 48.9. The maximum atomic E-state index is 4.84. The third kappa shape index (κ3) is 25.1. The van der Waals surface area contributed by atoms with Crippen LogP contribution in [0.25, 0.3) is 0 Å². The molecule has 0 spiro atoms. The van der Waals surface area contributed by atoms with E-state index in [-0.39, 0.29) is 0 Å². The van der Waals surface area contributed by atoms with Crippen molar-refractivity contribution in [1.82, 2.24) is 4.86 Å². The van der Waals surface area contributed by atoms with E-state index in [2.05, 4.69) is 155 Å². The Bertz CT molecular complexity index is 2000. The normalized spacial score (nSPS) is 11.8. The first-order valence-corrected chi connectivity index (χ1v) is 35.3. The summed E-state index contributed by atoms with van der Waals surface area (Å²) >= 11 is 0. The van der Waals surface area contributed by atoms with Crippen LogP contribution in [0.5, 0.6) is 0 Å². The highest BCUT2D eigenvalue weighted by Gasteiger charge is 2.46. The van der Waals surface area contributed by atoms with E-state index in [0.717, 1.165) is 12.6 Å². The van der Waals surface area contributed by atoms with Crippen LogP contribution in [0.15, 0.2) is 127 Å². The zero-order chi connectivity index (χ0) is 52.7. The van der Waals surface area contributed by atoms with Crippen LogP contribution in [-0.4, -0.2) is 6.16 Å². The number of hydrogen-bond acceptors (Lipinski definition) is 1. The first-order chi connectivity index (χ1) is 37.1. The molecular weight excluding hydrogens is 941 g/mol. The van der Waals surface area contributed by atoms with Crippen molar-refractivity contribution in [1.29, 1.82) is 0 Å². The van der Waals surface area contributed by atoms with Gasteiger partial charge in [0.2, 0.25) is 0 Å². The minimum atomic E-state index is -2.23. The Balaban J connectivity index is 1.50. The first-order valence-electron chi connectivity index (χ1n) is 32.0. The van der Waals surface area contributed by atoms with Gasteiger partial charge in [-0.15, -0.1) is 0 Å². The second-order valence-corrected chi connectivity index (χ2v) is 28.4. The SMILES string of the molecule is CCCCCCCCCCc1ccc([P+](CCc2ccccc2)(NP(c2cccc(CCCCCCCCCC)c2)c2cccc(CCCCCCCCCC)c2)c2ccc(CCCCCCCCCC)cc2)cc1. The van der Waals surface area contributed by atoms with Crippen LogP contribution in [0.1, 0.15) is 261 Å². The second-order valence-electron chi connectivity index (χ2n) is 22.8. The summed E-state index contributed by atoms with van der Waals surface area (Å²) in [6, 6.07) is 51.6. The predicted octanol–water partition coefficient (Wildman–Crippen LogP) is 21.2. The number of benzene rings is 5. The molecule has 0 saturated heterocycles. The molecule has 0 aromatic heterocycles. The molecule has 1 nitrogen and oxygen atoms in total. The van der Waals surface area contributed by atoms with Crippen molar-refractivity contribution in [2.45, 2.75) is 265 Å². The van der Waals surface area contributed by atoms with E-state index < -0.39 is 15.5 Å². The minimum absolute atomic E-state index is 0.915. The second kappa shape index (κ2) is 40.2. The molecule has 412 valence electrons. The molecule has 3 heteroatoms. The lowest BCUT2D eigenvalue weighted by Crippen LogP contribution is -2.37. The van der Waals surface area contributed by atoms with Crippen molar-refractivity contribution in [3.05, 3.63) is 155 Å². The average Bonchev–Trinajstić information content (AvgIpc) is 3.45. The number of aryl methyl sites for hydroxylation is 5. The molecule has 0 aliphatic heterocycles. The topological polar surface area (TPSA) is 12.0 Å². The number of unbranched alkanes of at least 4 members (excludes halogenated alkanes) is 28. The lowest BCUT2D eigenvalue weighted by Gasteiger charge is -2.33. The van der Waals surface area contributed by atoms with Gasteiger partial charge in [0.25, 0.3) is 0 Å². The van der Waals surface area contributed by atoms with Gasteiger partial charge in [-0.3, -0.25) is 0 Å². The summed E-state index contributed by atoms with van der Waals surface area (Å²) in [5, 5.41) is 5.97. The summed E-state index contributed by atoms with van der Waals surface area (Å²) in [6.45, 7) is 9.28. The zero-order valence-corrected chi connectivity index (χ0v) is 50.7. The van der Waals surface area contributed by atoms with Crippen molar-refractivity contribution in [3.63, 3.8) is 0 Å². The van der Waals surface area contributed by atoms with Gasteiger partial charge >= 0.3 is 0 Å². The molecule has 0 radical (unpaired) electrons. The van der Waals surface area contributed by atoms with Crippen LogP contribution in [0.2, 0.25) is 0 Å². The lowest BCUT2D eigenvalue weighted by molar-refractivity contribution is 0.575. The molecule has 5 aromatic carbocycles. The highest BCUT2D eigenvalue weighted by Crippen LogP contribution is 2.59. The summed E-state index contributed by atoms with van der Waals surface area (Å²) in [7, 11) is -3.14. The van der Waals surface area contributed by atoms with E-state index in [1.807, 2.05) is 0 Å². The summed E-state index contributed by atoms with van der Waals surface area (Å²) in [5.74, 6) is 0. The summed E-state index contributed by atoms with van der Waals surface area (Å²) < 4.78 is 0. The molecule has 0 aliphatic rings. The molecule has 0 saturated carbocycles. The van der Waals surface area contributed by atoms with E-state index in [1.165, 1.54) is 280 Å². The van der Waals surface area contributed by atoms with Crippen molar-refractivity contribution < 1.29 is 0 Å². The van der Waals surface area contributed by atoms with Gasteiger partial charge in [-0.2, -0.15) is 4.86 Å². The third-order valence-electron chi connectivity index (χ3n) is 16.2. The maximum Gasteiger partial charge on any atom is 0.150 e. The van der Waals surface area contributed by atoms with Gasteiger partial charge in [-0.1, -0.05) is 298 Å². The van der Waals surface area contributed by atoms with Gasteiger partial charge in [0.15, 0.2) is 0 Å². The standard InChI is InChI=1S/C72H110NP2/c1-5-9-13-17-21-25-29-34-44-65-52-56-71(57-53-65)75(61-60-64-42-38-33-39-43-64,72-58-54-66(55-59-72)45-35-30-26-22-18-14-10-6-2)73-74(69-50-40-48-67(62-69)46-36-31-27-23-19-15-11-7-3)70-51-41-49-68(63-70)47-37-32-28-24-20-16-12-8-4/h33,38-43,48-59,62-63,73H,5-32,34-37,44-47,60-61H2,1-4H3/q+1. The van der Waals surface area contributed by atoms with Gasteiger partial charge < -0.3 is 0 Å². The molecule has 0 heterocycles. The molecule has 0 unspecified atom stereocenters. The lowest BCUT2D eigenvalue weighted by atomic mass is 10.0. The van der Waals surface area contributed by atoms with Crippen LogP contribution >= 0.6 is 15.5 Å². The first kappa shape index (κ1) is 62.8. The quantitative estimate of drug-likeness (QED) is 0.0303. The van der Waals surface area contributed by atoms with Gasteiger partial charge in [-0.25, -0.2) is 0 Å². The maximum absolute atomic E-state index is 4.84. The summed E-state index contributed by atoms with van der Waals surface area (Å²) in [6.07, 6.45) is 50.4. The Morgan fingerprint density at radius 2 is 0.573 bits per heavy atom. The molecule has 5 rings (SSSR count). The number of hydrogen-bond donors (Lipinski definition) is 1. The van der Waals surface area contributed by atoms with Gasteiger partial charge in [0.1, 0.15) is 18.0 Å². The highest BCUT2D eigenvalue weighted by molar-refractivity contribution is 7.95. The molecule has 1 N–H and O–H groups in total. The Kier molecular flexibility index (Phi) is 33.6. The van der Waals surface area contributed by atoms with Gasteiger partial charge in [-0.05, 0) is 126 Å². The van der Waals surface area contributed by atoms with Crippen LogP contribution in [-0.2, 0) is 32.1 Å². The fourth-order valence-corrected chi connectivity index (χ4v) is 19.0. The van der Waals surface area contributed by atoms with Crippen molar-refractivity contribution >= 4 is 36.7 Å². The van der Waals surface area contributed by atoms with Crippen LogP contribution < -0.4 is 26.1 Å². The molecule has 75 heavy (non-hydrogen) atoms. The minimum Gasteiger partial charge on any atom is -0.154 e. The molecule has 5 aromatic rings. The Hall–Kier alpha value is -3.08. The Morgan fingerprint density at radius 1 is 0.280 bits per heavy atom. The third-order valence-corrected chi connectivity index (χ3v) is 23.2. The van der Waals surface area contributed by atoms with Gasteiger partial charge in [0, 0.05) is 6.42 Å². The summed E-state index contributed by atoms with van der Waals surface area (Å²) in [4.78, 5) is 4.84. The van der Waals surface area contributed by atoms with Crippen molar-refractivity contribution in [3.8, 4) is 0 Å². The molecule has 0 amide bonds. The van der Waals surface area contributed by atoms with Crippen LogP contribution in [0, 0.1) is 0 Å². The van der Waals surface area contributed by atoms with Crippen molar-refractivity contribution in [2.24, 2.45) is 0 Å². The molecule has 0 bridgehead atoms. The number of rotatable bonds is 45. The Labute approximate surface area is 465 Å². The van der Waals surface area contributed by atoms with Crippen molar-refractivity contribution in [2.75, 3.05) is 6.16 Å². The van der Waals surface area contributed by atoms with Gasteiger partial charge in [0.05, 0.1) is 14.2 Å². The van der Waals surface area contributed by atoms with E-state index in [4.69, 9.17) is 4.86 Å². The monoisotopic (exact) mass is 1050 g/mol.